The smallest absolute Gasteiger partial charge is 0.138 e. The Labute approximate surface area is 140 Å². The van der Waals surface area contributed by atoms with Gasteiger partial charge in [0.15, 0.2) is 0 Å². The van der Waals surface area contributed by atoms with Crippen molar-refractivity contribution in [1.82, 2.24) is 5.32 Å². The average Bonchev–Trinajstić information content (AvgIpc) is 2.48. The number of hydrogen-bond donors (Lipinski definition) is 1. The Kier molecular flexibility index (Phi) is 6.80. The molecule has 0 radical (unpaired) electrons. The van der Waals surface area contributed by atoms with Crippen LogP contribution in [0, 0.1) is 0 Å². The van der Waals surface area contributed by atoms with Gasteiger partial charge in [-0.05, 0) is 60.3 Å². The lowest BCUT2D eigenvalue weighted by atomic mass is 9.94. The zero-order valence-electron chi connectivity index (χ0n) is 12.6. The third kappa shape index (κ3) is 4.35. The minimum absolute atomic E-state index is 0.107. The molecular formula is C16H23BrClNO2. The standard InChI is InChI=1S/C16H23BrClNO2/c1-3-7-19-15(14-6-4-5-8-21-14)12-9-11(18)10-13(17)16(12)20-2/h9-10,14-15,19H,3-8H2,1-2H3. The predicted octanol–water partition coefficient (Wildman–Crippen LogP) is 4.72. The quantitative estimate of drug-likeness (QED) is 0.779. The molecule has 118 valence electrons. The second-order valence-electron chi connectivity index (χ2n) is 5.35. The maximum Gasteiger partial charge on any atom is 0.138 e. The topological polar surface area (TPSA) is 30.5 Å². The number of rotatable bonds is 6. The second-order valence-corrected chi connectivity index (χ2v) is 6.64. The molecule has 0 bridgehead atoms. The molecule has 0 spiro atoms. The van der Waals surface area contributed by atoms with Gasteiger partial charge < -0.3 is 14.8 Å². The van der Waals surface area contributed by atoms with Crippen molar-refractivity contribution in [2.24, 2.45) is 0 Å². The van der Waals surface area contributed by atoms with E-state index in [1.165, 1.54) is 6.42 Å². The lowest BCUT2D eigenvalue weighted by Gasteiger charge is -2.32. The third-order valence-corrected chi connectivity index (χ3v) is 4.58. The highest BCUT2D eigenvalue weighted by Crippen LogP contribution is 2.39. The molecule has 0 amide bonds. The lowest BCUT2D eigenvalue weighted by molar-refractivity contribution is -0.00860. The van der Waals surface area contributed by atoms with Gasteiger partial charge in [0.2, 0.25) is 0 Å². The van der Waals surface area contributed by atoms with E-state index in [2.05, 4.69) is 28.2 Å². The maximum absolute atomic E-state index is 6.24. The van der Waals surface area contributed by atoms with Crippen LogP contribution >= 0.6 is 27.5 Å². The summed E-state index contributed by atoms with van der Waals surface area (Å²) in [6, 6.07) is 3.95. The van der Waals surface area contributed by atoms with E-state index in [1.807, 2.05) is 12.1 Å². The molecule has 2 rings (SSSR count). The van der Waals surface area contributed by atoms with Gasteiger partial charge in [0.25, 0.3) is 0 Å². The minimum Gasteiger partial charge on any atom is -0.495 e. The average molecular weight is 377 g/mol. The highest BCUT2D eigenvalue weighted by Gasteiger charge is 2.29. The van der Waals surface area contributed by atoms with Crippen LogP contribution < -0.4 is 10.1 Å². The third-order valence-electron chi connectivity index (χ3n) is 3.78. The first-order valence-corrected chi connectivity index (χ1v) is 8.72. The summed E-state index contributed by atoms with van der Waals surface area (Å²) in [7, 11) is 1.69. The highest BCUT2D eigenvalue weighted by molar-refractivity contribution is 9.10. The molecule has 1 fully saturated rings. The van der Waals surface area contributed by atoms with E-state index in [1.54, 1.807) is 7.11 Å². The van der Waals surface area contributed by atoms with E-state index < -0.39 is 0 Å². The van der Waals surface area contributed by atoms with Gasteiger partial charge in [0.1, 0.15) is 5.75 Å². The van der Waals surface area contributed by atoms with E-state index in [4.69, 9.17) is 21.1 Å². The summed E-state index contributed by atoms with van der Waals surface area (Å²) in [4.78, 5) is 0. The number of benzene rings is 1. The fourth-order valence-corrected chi connectivity index (χ4v) is 3.79. The number of hydrogen-bond acceptors (Lipinski definition) is 3. The van der Waals surface area contributed by atoms with Crippen molar-refractivity contribution in [1.29, 1.82) is 0 Å². The molecule has 1 aliphatic heterocycles. The van der Waals surface area contributed by atoms with Crippen molar-refractivity contribution in [3.63, 3.8) is 0 Å². The second kappa shape index (κ2) is 8.37. The van der Waals surface area contributed by atoms with Crippen molar-refractivity contribution in [3.05, 3.63) is 27.2 Å². The summed E-state index contributed by atoms with van der Waals surface area (Å²) < 4.78 is 12.5. The van der Waals surface area contributed by atoms with Crippen molar-refractivity contribution < 1.29 is 9.47 Å². The van der Waals surface area contributed by atoms with Gasteiger partial charge >= 0.3 is 0 Å². The fourth-order valence-electron chi connectivity index (χ4n) is 2.80. The lowest BCUT2D eigenvalue weighted by Crippen LogP contribution is -2.36. The van der Waals surface area contributed by atoms with Crippen molar-refractivity contribution in [2.75, 3.05) is 20.3 Å². The SMILES string of the molecule is CCCNC(c1cc(Cl)cc(Br)c1OC)C1CCCCO1. The van der Waals surface area contributed by atoms with E-state index in [0.29, 0.717) is 5.02 Å². The first kappa shape index (κ1) is 17.1. The van der Waals surface area contributed by atoms with Gasteiger partial charge in [-0.25, -0.2) is 0 Å². The number of methoxy groups -OCH3 is 1. The van der Waals surface area contributed by atoms with Gasteiger partial charge in [0.05, 0.1) is 23.7 Å². The van der Waals surface area contributed by atoms with Crippen LogP contribution in [0.2, 0.25) is 5.02 Å². The maximum atomic E-state index is 6.24. The molecule has 0 aliphatic carbocycles. The molecule has 2 atom stereocenters. The van der Waals surface area contributed by atoms with Crippen LogP contribution in [-0.2, 0) is 4.74 Å². The number of halogens is 2. The molecule has 0 saturated carbocycles. The molecule has 1 N–H and O–H groups in total. The first-order chi connectivity index (χ1) is 10.2. The van der Waals surface area contributed by atoms with Gasteiger partial charge in [0, 0.05) is 17.2 Å². The van der Waals surface area contributed by atoms with Crippen LogP contribution in [0.4, 0.5) is 0 Å². The first-order valence-electron chi connectivity index (χ1n) is 7.55. The summed E-state index contributed by atoms with van der Waals surface area (Å²) in [5.41, 5.74) is 1.07. The predicted molar refractivity (Wildman–Crippen MR) is 90.3 cm³/mol. The Morgan fingerprint density at radius 1 is 1.48 bits per heavy atom. The summed E-state index contributed by atoms with van der Waals surface area (Å²) in [5, 5.41) is 4.31. The van der Waals surface area contributed by atoms with E-state index in [9.17, 15) is 0 Å². The molecule has 1 heterocycles. The van der Waals surface area contributed by atoms with Crippen LogP contribution in [0.3, 0.4) is 0 Å². The normalized spacial score (nSPS) is 20.3. The number of ether oxygens (including phenoxy) is 2. The summed E-state index contributed by atoms with van der Waals surface area (Å²) in [6.45, 7) is 3.94. The Hall–Kier alpha value is -0.290. The van der Waals surface area contributed by atoms with Gasteiger partial charge in [-0.3, -0.25) is 0 Å². The van der Waals surface area contributed by atoms with Crippen LogP contribution in [0.25, 0.3) is 0 Å². The number of nitrogens with one attached hydrogen (secondary N) is 1. The van der Waals surface area contributed by atoms with E-state index in [-0.39, 0.29) is 12.1 Å². The zero-order valence-corrected chi connectivity index (χ0v) is 15.0. The molecule has 2 unspecified atom stereocenters. The molecule has 1 aromatic rings. The van der Waals surface area contributed by atoms with Crippen molar-refractivity contribution in [2.45, 2.75) is 44.8 Å². The Bertz CT molecular complexity index is 464. The Morgan fingerprint density at radius 3 is 2.90 bits per heavy atom. The molecular weight excluding hydrogens is 354 g/mol. The summed E-state index contributed by atoms with van der Waals surface area (Å²) in [6.07, 6.45) is 4.67. The van der Waals surface area contributed by atoms with Gasteiger partial charge in [-0.2, -0.15) is 0 Å². The molecule has 1 aliphatic rings. The van der Waals surface area contributed by atoms with Gasteiger partial charge in [-0.1, -0.05) is 18.5 Å². The van der Waals surface area contributed by atoms with E-state index >= 15 is 0 Å². The Morgan fingerprint density at radius 2 is 2.29 bits per heavy atom. The molecule has 1 saturated heterocycles. The molecule has 21 heavy (non-hydrogen) atoms. The molecule has 0 aromatic heterocycles. The molecule has 1 aromatic carbocycles. The minimum atomic E-state index is 0.107. The van der Waals surface area contributed by atoms with Crippen LogP contribution in [0.15, 0.2) is 16.6 Å². The summed E-state index contributed by atoms with van der Waals surface area (Å²) >= 11 is 9.78. The van der Waals surface area contributed by atoms with Crippen molar-refractivity contribution >= 4 is 27.5 Å². The molecule has 5 heteroatoms. The van der Waals surface area contributed by atoms with E-state index in [0.717, 1.165) is 48.2 Å². The summed E-state index contributed by atoms with van der Waals surface area (Å²) in [5.74, 6) is 0.835. The van der Waals surface area contributed by atoms with Crippen LogP contribution in [-0.4, -0.2) is 26.4 Å². The monoisotopic (exact) mass is 375 g/mol. The van der Waals surface area contributed by atoms with Gasteiger partial charge in [-0.15, -0.1) is 0 Å². The Balaban J connectivity index is 2.34. The largest absolute Gasteiger partial charge is 0.495 e. The van der Waals surface area contributed by atoms with Crippen LogP contribution in [0.5, 0.6) is 5.75 Å². The zero-order chi connectivity index (χ0) is 15.2. The van der Waals surface area contributed by atoms with Crippen molar-refractivity contribution in [3.8, 4) is 5.75 Å². The molecule has 3 nitrogen and oxygen atoms in total. The van der Waals surface area contributed by atoms with Crippen LogP contribution in [0.1, 0.15) is 44.2 Å². The highest BCUT2D eigenvalue weighted by atomic mass is 79.9. The fraction of sp³-hybridized carbons (Fsp3) is 0.625.